The Morgan fingerprint density at radius 3 is 2.86 bits per heavy atom. The van der Waals surface area contributed by atoms with Crippen molar-refractivity contribution >= 4 is 40.0 Å². The molecule has 0 bridgehead atoms. The molecule has 0 unspecified atom stereocenters. The maximum absolute atomic E-state index is 12.5. The summed E-state index contributed by atoms with van der Waals surface area (Å²) in [6.07, 6.45) is 2.13. The van der Waals surface area contributed by atoms with Crippen molar-refractivity contribution < 1.29 is 19.0 Å². The highest BCUT2D eigenvalue weighted by atomic mass is 35.5. The Bertz CT molecular complexity index is 1030. The second-order valence-corrected chi connectivity index (χ2v) is 7.73. The molecule has 0 atom stereocenters. The predicted octanol–water partition coefficient (Wildman–Crippen LogP) is 4.81. The van der Waals surface area contributed by atoms with Crippen molar-refractivity contribution in [3.05, 3.63) is 51.0 Å². The van der Waals surface area contributed by atoms with E-state index in [1.807, 2.05) is 38.1 Å². The number of carbonyl (C=O) groups is 1. The Hall–Kier alpha value is -1.93. The van der Waals surface area contributed by atoms with Crippen molar-refractivity contribution in [3.8, 4) is 0 Å². The number of fused-ring (bicyclic) bond motifs is 1. The molecule has 28 heavy (non-hydrogen) atoms. The summed E-state index contributed by atoms with van der Waals surface area (Å²) in [7, 11) is 0. The van der Waals surface area contributed by atoms with Crippen LogP contribution in [0.3, 0.4) is 0 Å². The van der Waals surface area contributed by atoms with Crippen LogP contribution in [0.2, 0.25) is 5.02 Å². The number of hydrogen-bond acceptors (Lipinski definition) is 5. The van der Waals surface area contributed by atoms with Gasteiger partial charge in [-0.15, -0.1) is 0 Å². The van der Waals surface area contributed by atoms with Crippen LogP contribution >= 0.6 is 23.1 Å². The molecule has 2 heterocycles. The van der Waals surface area contributed by atoms with Gasteiger partial charge in [0.1, 0.15) is 11.3 Å². The number of furan rings is 1. The molecule has 3 rings (SSSR count). The number of benzene rings is 1. The lowest BCUT2D eigenvalue weighted by Crippen LogP contribution is -2.06. The molecule has 0 aliphatic rings. The molecule has 6 nitrogen and oxygen atoms in total. The van der Waals surface area contributed by atoms with Gasteiger partial charge in [-0.05, 0) is 55.6 Å². The van der Waals surface area contributed by atoms with E-state index < -0.39 is 0 Å². The van der Waals surface area contributed by atoms with Gasteiger partial charge in [0.15, 0.2) is 11.4 Å². The largest absolute Gasteiger partial charge is 0.461 e. The number of rotatable bonds is 8. The summed E-state index contributed by atoms with van der Waals surface area (Å²) in [5, 5.41) is 1.46. The van der Waals surface area contributed by atoms with Gasteiger partial charge in [-0.3, -0.25) is 8.75 Å². The van der Waals surface area contributed by atoms with E-state index in [1.165, 1.54) is 11.5 Å². The van der Waals surface area contributed by atoms with E-state index in [9.17, 15) is 4.79 Å². The normalized spacial score (nSPS) is 12.2. The molecule has 0 aliphatic heterocycles. The van der Waals surface area contributed by atoms with Crippen LogP contribution in [-0.4, -0.2) is 16.5 Å². The summed E-state index contributed by atoms with van der Waals surface area (Å²) < 4.78 is 8.05. The number of carbonyl (C=O) groups excluding carboxylic acids is 1. The summed E-state index contributed by atoms with van der Waals surface area (Å²) in [5.74, 6) is 0.711. The zero-order valence-corrected chi connectivity index (χ0v) is 17.7. The van der Waals surface area contributed by atoms with E-state index in [4.69, 9.17) is 25.8 Å². The first-order valence-electron chi connectivity index (χ1n) is 9.21. The first-order chi connectivity index (χ1) is 13.5. The molecule has 0 aliphatic carbocycles. The van der Waals surface area contributed by atoms with Crippen LogP contribution < -0.4 is 4.67 Å². The van der Waals surface area contributed by atoms with Gasteiger partial charge in [0, 0.05) is 17.5 Å². The van der Waals surface area contributed by atoms with Crippen LogP contribution in [0.4, 0.5) is 0 Å². The molecular weight excluding hydrogens is 400 g/mol. The highest BCUT2D eigenvalue weighted by Crippen LogP contribution is 2.22. The molecule has 1 amide bonds. The maximum Gasteiger partial charge on any atom is 0.251 e. The smallest absolute Gasteiger partial charge is 0.251 e. The van der Waals surface area contributed by atoms with Crippen LogP contribution in [0.5, 0.6) is 0 Å². The first kappa shape index (κ1) is 20.8. The number of aryl methyl sites for hydroxylation is 1. The Morgan fingerprint density at radius 2 is 2.11 bits per heavy atom. The van der Waals surface area contributed by atoms with E-state index >= 15 is 0 Å². The van der Waals surface area contributed by atoms with Crippen molar-refractivity contribution in [1.29, 1.82) is 0 Å². The zero-order chi connectivity index (χ0) is 20.1. The molecule has 0 saturated heterocycles. The van der Waals surface area contributed by atoms with Crippen molar-refractivity contribution in [2.75, 3.05) is 6.61 Å². The summed E-state index contributed by atoms with van der Waals surface area (Å²) in [4.78, 5) is 26.6. The Morgan fingerprint density at radius 1 is 1.29 bits per heavy atom. The van der Waals surface area contributed by atoms with Crippen LogP contribution in [0.1, 0.15) is 37.3 Å². The van der Waals surface area contributed by atoms with Crippen LogP contribution in [-0.2, 0) is 34.1 Å². The van der Waals surface area contributed by atoms with Gasteiger partial charge in [-0.1, -0.05) is 24.6 Å². The third-order valence-corrected chi connectivity index (χ3v) is 5.79. The molecule has 8 heteroatoms. The quantitative estimate of drug-likeness (QED) is 0.297. The Labute approximate surface area is 172 Å². The zero-order valence-electron chi connectivity index (χ0n) is 16.2. The first-order valence-corrected chi connectivity index (χ1v) is 10.4. The van der Waals surface area contributed by atoms with Crippen LogP contribution in [0, 0.1) is 6.92 Å². The fourth-order valence-electron chi connectivity index (χ4n) is 2.79. The van der Waals surface area contributed by atoms with E-state index in [1.54, 1.807) is 3.96 Å². The predicted molar refractivity (Wildman–Crippen MR) is 109 cm³/mol. The van der Waals surface area contributed by atoms with Gasteiger partial charge in [0.05, 0.1) is 18.1 Å². The minimum atomic E-state index is -0.252. The minimum absolute atomic E-state index is 0.199. The van der Waals surface area contributed by atoms with E-state index in [-0.39, 0.29) is 19.1 Å². The number of nitrogens with zero attached hydrogens (tertiary/aromatic N) is 2. The summed E-state index contributed by atoms with van der Waals surface area (Å²) in [5.41, 5.74) is 2.51. The molecule has 150 valence electrons. The van der Waals surface area contributed by atoms with Gasteiger partial charge in [0.25, 0.3) is 5.91 Å². The standard InChI is InChI=1S/C20H23ClN2O4S/c1-4-6-16-11-15-9-14(7-8-17(15)27-16)10-18(24)22-20-19(21)13(3)23(28-20)12-26-25-5-2/h7-9,11H,4-6,10,12H2,1-3H3. The fourth-order valence-corrected chi connectivity index (χ4v) is 3.99. The maximum atomic E-state index is 12.5. The van der Waals surface area contributed by atoms with Gasteiger partial charge in [-0.25, -0.2) is 9.78 Å². The number of halogens is 1. The van der Waals surface area contributed by atoms with Crippen LogP contribution in [0.25, 0.3) is 11.0 Å². The monoisotopic (exact) mass is 422 g/mol. The summed E-state index contributed by atoms with van der Waals surface area (Å²) in [6, 6.07) is 7.80. The second-order valence-electron chi connectivity index (χ2n) is 6.35. The molecule has 0 fully saturated rings. The fraction of sp³-hybridized carbons (Fsp3) is 0.400. The molecule has 3 aromatic rings. The Kier molecular flexibility index (Phi) is 7.07. The topological polar surface area (TPSA) is 66.0 Å². The molecule has 1 aromatic carbocycles. The lowest BCUT2D eigenvalue weighted by atomic mass is 10.1. The van der Waals surface area contributed by atoms with Crippen molar-refractivity contribution in [3.63, 3.8) is 0 Å². The molecule has 0 radical (unpaired) electrons. The molecular formula is C20H23ClN2O4S. The van der Waals surface area contributed by atoms with Crippen molar-refractivity contribution in [2.24, 2.45) is 4.99 Å². The van der Waals surface area contributed by atoms with E-state index in [0.29, 0.717) is 16.3 Å². The highest BCUT2D eigenvalue weighted by molar-refractivity contribution is 7.04. The van der Waals surface area contributed by atoms with Gasteiger partial charge >= 0.3 is 0 Å². The SMILES string of the molecule is CCCc1cc2cc(CC(=O)N=c3sn(COOCC)c(C)c3Cl)ccc2o1. The molecule has 0 saturated carbocycles. The highest BCUT2D eigenvalue weighted by Gasteiger charge is 2.11. The lowest BCUT2D eigenvalue weighted by molar-refractivity contribution is -0.312. The average molecular weight is 423 g/mol. The second kappa shape index (κ2) is 9.52. The third-order valence-electron chi connectivity index (χ3n) is 4.16. The number of hydrogen-bond donors (Lipinski definition) is 0. The number of amides is 1. The summed E-state index contributed by atoms with van der Waals surface area (Å²) >= 11 is 7.58. The molecule has 0 spiro atoms. The number of aromatic nitrogens is 1. The van der Waals surface area contributed by atoms with Crippen LogP contribution in [0.15, 0.2) is 33.7 Å². The van der Waals surface area contributed by atoms with E-state index in [0.717, 1.165) is 40.8 Å². The molecule has 2 aromatic heterocycles. The lowest BCUT2D eigenvalue weighted by Gasteiger charge is -2.03. The minimum Gasteiger partial charge on any atom is -0.461 e. The van der Waals surface area contributed by atoms with Gasteiger partial charge in [0.2, 0.25) is 0 Å². The summed E-state index contributed by atoms with van der Waals surface area (Å²) in [6.45, 7) is 6.45. The Balaban J connectivity index is 1.76. The molecule has 0 N–H and O–H groups in total. The third kappa shape index (κ3) is 4.91. The van der Waals surface area contributed by atoms with E-state index in [2.05, 4.69) is 11.9 Å². The van der Waals surface area contributed by atoms with Gasteiger partial charge < -0.3 is 4.42 Å². The van der Waals surface area contributed by atoms with Gasteiger partial charge in [-0.2, -0.15) is 4.99 Å². The van der Waals surface area contributed by atoms with Crippen molar-refractivity contribution in [2.45, 2.75) is 46.8 Å². The van der Waals surface area contributed by atoms with Crippen molar-refractivity contribution in [1.82, 2.24) is 3.96 Å². The average Bonchev–Trinajstić information content (AvgIpc) is 3.18.